The van der Waals surface area contributed by atoms with Crippen LogP contribution in [0.3, 0.4) is 0 Å². The lowest BCUT2D eigenvalue weighted by atomic mass is 9.98. The van der Waals surface area contributed by atoms with Gasteiger partial charge in [-0.25, -0.2) is 4.39 Å². The molecule has 2 aromatic rings. The third kappa shape index (κ3) is 3.51. The number of nitrogens with one attached hydrogen (secondary N) is 1. The molecule has 0 heterocycles. The average molecular weight is 312 g/mol. The number of hydrogen-bond acceptors (Lipinski definition) is 1. The lowest BCUT2D eigenvalue weighted by molar-refractivity contribution is 0.589. The van der Waals surface area contributed by atoms with Crippen LogP contribution in [0.4, 0.5) is 4.39 Å². The van der Waals surface area contributed by atoms with Gasteiger partial charge in [0.25, 0.3) is 0 Å². The number of likely N-dealkylation sites (N-methyl/N-ethyl adjacent to an activating group) is 1. The fourth-order valence-corrected chi connectivity index (χ4v) is 2.80. The first kappa shape index (κ1) is 15.3. The van der Waals surface area contributed by atoms with Crippen LogP contribution >= 0.6 is 23.2 Å². The summed E-state index contributed by atoms with van der Waals surface area (Å²) in [6, 6.07) is 10.5. The lowest BCUT2D eigenvalue weighted by Gasteiger charge is -2.19. The molecule has 0 bridgehead atoms. The Hall–Kier alpha value is -1.09. The summed E-state index contributed by atoms with van der Waals surface area (Å²) in [5.41, 5.74) is 3.03. The Balaban J connectivity index is 2.28. The molecule has 0 amide bonds. The summed E-state index contributed by atoms with van der Waals surface area (Å²) < 4.78 is 13.1. The van der Waals surface area contributed by atoms with Gasteiger partial charge in [-0.15, -0.1) is 0 Å². The van der Waals surface area contributed by atoms with Gasteiger partial charge in [0.2, 0.25) is 0 Å². The average Bonchev–Trinajstić information content (AvgIpc) is 2.39. The van der Waals surface area contributed by atoms with Crippen molar-refractivity contribution in [1.82, 2.24) is 5.32 Å². The molecule has 0 aliphatic rings. The van der Waals surface area contributed by atoms with E-state index in [1.165, 1.54) is 12.1 Å². The molecule has 0 spiro atoms. The van der Waals surface area contributed by atoms with Crippen LogP contribution in [0.2, 0.25) is 10.0 Å². The van der Waals surface area contributed by atoms with E-state index in [1.54, 1.807) is 6.07 Å². The molecule has 0 fully saturated rings. The standard InChI is InChI=1S/C16H16Cl2FN/c1-10-3-6-13(15(18)7-10)16(20-2)8-11-4-5-12(19)9-14(11)17/h3-7,9,16,20H,8H2,1-2H3. The van der Waals surface area contributed by atoms with Crippen molar-refractivity contribution in [3.8, 4) is 0 Å². The van der Waals surface area contributed by atoms with Crippen LogP contribution in [0.25, 0.3) is 0 Å². The van der Waals surface area contributed by atoms with E-state index in [2.05, 4.69) is 5.32 Å². The molecule has 1 atom stereocenters. The smallest absolute Gasteiger partial charge is 0.124 e. The Bertz CT molecular complexity index is 613. The largest absolute Gasteiger partial charge is 0.313 e. The van der Waals surface area contributed by atoms with Gasteiger partial charge in [0.05, 0.1) is 0 Å². The molecule has 0 saturated heterocycles. The number of aryl methyl sites for hydroxylation is 1. The zero-order valence-electron chi connectivity index (χ0n) is 11.4. The Morgan fingerprint density at radius 3 is 2.45 bits per heavy atom. The van der Waals surface area contributed by atoms with Gasteiger partial charge in [0, 0.05) is 16.1 Å². The monoisotopic (exact) mass is 311 g/mol. The molecule has 1 nitrogen and oxygen atoms in total. The van der Waals surface area contributed by atoms with E-state index in [1.807, 2.05) is 32.2 Å². The van der Waals surface area contributed by atoms with Crippen LogP contribution in [0.1, 0.15) is 22.7 Å². The van der Waals surface area contributed by atoms with Gasteiger partial charge in [-0.1, -0.05) is 41.4 Å². The Morgan fingerprint density at radius 1 is 1.10 bits per heavy atom. The Labute approximate surface area is 128 Å². The molecule has 1 unspecified atom stereocenters. The van der Waals surface area contributed by atoms with E-state index in [0.29, 0.717) is 11.4 Å². The zero-order valence-corrected chi connectivity index (χ0v) is 12.9. The second kappa shape index (κ2) is 6.57. The van der Waals surface area contributed by atoms with Crippen LogP contribution in [0.15, 0.2) is 36.4 Å². The van der Waals surface area contributed by atoms with Gasteiger partial charge < -0.3 is 5.32 Å². The molecule has 0 aromatic heterocycles. The van der Waals surface area contributed by atoms with Crippen molar-refractivity contribution < 1.29 is 4.39 Å². The predicted molar refractivity (Wildman–Crippen MR) is 83.1 cm³/mol. The molecule has 0 radical (unpaired) electrons. The molecule has 20 heavy (non-hydrogen) atoms. The summed E-state index contributed by atoms with van der Waals surface area (Å²) >= 11 is 12.4. The summed E-state index contributed by atoms with van der Waals surface area (Å²) in [6.45, 7) is 2.00. The van der Waals surface area contributed by atoms with Crippen molar-refractivity contribution in [1.29, 1.82) is 0 Å². The fraction of sp³-hybridized carbons (Fsp3) is 0.250. The summed E-state index contributed by atoms with van der Waals surface area (Å²) in [5.74, 6) is -0.326. The second-order valence-corrected chi connectivity index (χ2v) is 5.62. The third-order valence-electron chi connectivity index (χ3n) is 3.32. The molecule has 0 aliphatic heterocycles. The van der Waals surface area contributed by atoms with Gasteiger partial charge in [-0.05, 0) is 55.3 Å². The minimum absolute atomic E-state index is 0.0334. The molecule has 0 saturated carbocycles. The maximum Gasteiger partial charge on any atom is 0.124 e. The molecular formula is C16H16Cl2FN. The summed E-state index contributed by atoms with van der Waals surface area (Å²) in [6.07, 6.45) is 0.651. The summed E-state index contributed by atoms with van der Waals surface area (Å²) in [5, 5.41) is 4.40. The van der Waals surface area contributed by atoms with Crippen molar-refractivity contribution in [2.45, 2.75) is 19.4 Å². The van der Waals surface area contributed by atoms with E-state index in [0.717, 1.165) is 21.7 Å². The van der Waals surface area contributed by atoms with Gasteiger partial charge in [-0.3, -0.25) is 0 Å². The van der Waals surface area contributed by atoms with Crippen molar-refractivity contribution >= 4 is 23.2 Å². The lowest BCUT2D eigenvalue weighted by Crippen LogP contribution is -2.19. The summed E-state index contributed by atoms with van der Waals surface area (Å²) in [7, 11) is 1.87. The zero-order chi connectivity index (χ0) is 14.7. The van der Waals surface area contributed by atoms with E-state index in [4.69, 9.17) is 23.2 Å². The number of hydrogen-bond donors (Lipinski definition) is 1. The molecule has 106 valence electrons. The number of rotatable bonds is 4. The minimum Gasteiger partial charge on any atom is -0.313 e. The van der Waals surface area contributed by atoms with Crippen molar-refractivity contribution in [2.24, 2.45) is 0 Å². The van der Waals surface area contributed by atoms with Crippen LogP contribution in [-0.2, 0) is 6.42 Å². The fourth-order valence-electron chi connectivity index (χ4n) is 2.19. The van der Waals surface area contributed by atoms with E-state index < -0.39 is 0 Å². The molecule has 2 aromatic carbocycles. The molecule has 1 N–H and O–H groups in total. The van der Waals surface area contributed by atoms with E-state index in [9.17, 15) is 4.39 Å². The summed E-state index contributed by atoms with van der Waals surface area (Å²) in [4.78, 5) is 0. The third-order valence-corrected chi connectivity index (χ3v) is 4.00. The van der Waals surface area contributed by atoms with Crippen molar-refractivity contribution in [3.63, 3.8) is 0 Å². The minimum atomic E-state index is -0.326. The van der Waals surface area contributed by atoms with Gasteiger partial charge in [0.15, 0.2) is 0 Å². The quantitative estimate of drug-likeness (QED) is 0.843. The molecule has 0 aliphatic carbocycles. The first-order valence-electron chi connectivity index (χ1n) is 6.38. The highest BCUT2D eigenvalue weighted by Crippen LogP contribution is 2.29. The van der Waals surface area contributed by atoms with E-state index in [-0.39, 0.29) is 11.9 Å². The first-order chi connectivity index (χ1) is 9.51. The first-order valence-corrected chi connectivity index (χ1v) is 7.14. The van der Waals surface area contributed by atoms with Crippen molar-refractivity contribution in [2.75, 3.05) is 7.05 Å². The van der Waals surface area contributed by atoms with E-state index >= 15 is 0 Å². The van der Waals surface area contributed by atoms with Crippen LogP contribution in [0.5, 0.6) is 0 Å². The highest BCUT2D eigenvalue weighted by molar-refractivity contribution is 6.31. The highest BCUT2D eigenvalue weighted by Gasteiger charge is 2.15. The number of halogens is 3. The molecule has 2 rings (SSSR count). The topological polar surface area (TPSA) is 12.0 Å². The van der Waals surface area contributed by atoms with Gasteiger partial charge in [0.1, 0.15) is 5.82 Å². The van der Waals surface area contributed by atoms with Gasteiger partial charge >= 0.3 is 0 Å². The molecular weight excluding hydrogens is 296 g/mol. The number of benzene rings is 2. The van der Waals surface area contributed by atoms with Gasteiger partial charge in [-0.2, -0.15) is 0 Å². The maximum absolute atomic E-state index is 13.1. The van der Waals surface area contributed by atoms with Crippen LogP contribution < -0.4 is 5.32 Å². The van der Waals surface area contributed by atoms with Crippen LogP contribution in [-0.4, -0.2) is 7.05 Å². The second-order valence-electron chi connectivity index (χ2n) is 4.81. The highest BCUT2D eigenvalue weighted by atomic mass is 35.5. The van der Waals surface area contributed by atoms with Crippen molar-refractivity contribution in [3.05, 3.63) is 69.0 Å². The Morgan fingerprint density at radius 2 is 1.85 bits per heavy atom. The predicted octanol–water partition coefficient (Wildman–Crippen LogP) is 4.94. The normalized spacial score (nSPS) is 12.4. The Kier molecular flexibility index (Phi) is 5.03. The SMILES string of the molecule is CNC(Cc1ccc(F)cc1Cl)c1ccc(C)cc1Cl. The van der Waals surface area contributed by atoms with Crippen LogP contribution in [0, 0.1) is 12.7 Å². The molecule has 4 heteroatoms. The maximum atomic E-state index is 13.1.